The zero-order valence-corrected chi connectivity index (χ0v) is 43.3. The Morgan fingerprint density at radius 1 is 0.190 bits per heavy atom. The van der Waals surface area contributed by atoms with E-state index in [4.69, 9.17) is 9.97 Å². The first-order chi connectivity index (χ1) is 39.1. The van der Waals surface area contributed by atoms with Crippen molar-refractivity contribution in [3.05, 3.63) is 309 Å². The molecule has 12 aromatic carbocycles. The van der Waals surface area contributed by atoms with E-state index in [-0.39, 0.29) is 0 Å². The fourth-order valence-electron chi connectivity index (χ4n) is 11.2. The summed E-state index contributed by atoms with van der Waals surface area (Å²) in [4.78, 5) is 10.7. The molecular formula is C76H51N3. The molecule has 0 saturated carbocycles. The van der Waals surface area contributed by atoms with E-state index in [2.05, 4.69) is 314 Å². The molecule has 0 aliphatic rings. The number of benzene rings is 12. The first kappa shape index (κ1) is 47.0. The van der Waals surface area contributed by atoms with Gasteiger partial charge in [0.05, 0.1) is 22.4 Å². The van der Waals surface area contributed by atoms with E-state index in [0.717, 1.165) is 67.1 Å². The Hall–Kier alpha value is -10.5. The highest BCUT2D eigenvalue weighted by Gasteiger charge is 2.16. The van der Waals surface area contributed by atoms with Gasteiger partial charge < -0.3 is 4.57 Å². The van der Waals surface area contributed by atoms with Crippen molar-refractivity contribution in [3.8, 4) is 117 Å². The Morgan fingerprint density at radius 2 is 0.468 bits per heavy atom. The van der Waals surface area contributed by atoms with Gasteiger partial charge in [0.2, 0.25) is 0 Å². The van der Waals surface area contributed by atoms with Gasteiger partial charge in [0.25, 0.3) is 0 Å². The van der Waals surface area contributed by atoms with Gasteiger partial charge >= 0.3 is 0 Å². The standard InChI is InChI=1S/C76H51N3/c1-3-17-52(18-4-1)58-21-11-25-62(45-58)64-27-13-23-60(47-64)54-37-41-56(42-38-54)72-51-73(57-43-39-55(40-44-57)61-24-14-28-65(48-61)63-26-12-22-59(46-63)53-19-5-2-6-20-53)78-76(77-72)68-31-15-29-66(49-68)67-30-16-32-69(50-67)79-74-35-9-7-33-70(74)71-34-8-10-36-75(71)79/h1-51H. The summed E-state index contributed by atoms with van der Waals surface area (Å²) in [6.45, 7) is 0. The zero-order chi connectivity index (χ0) is 52.5. The molecule has 2 aromatic heterocycles. The van der Waals surface area contributed by atoms with Crippen LogP contribution < -0.4 is 0 Å². The molecule has 3 nitrogen and oxygen atoms in total. The van der Waals surface area contributed by atoms with Crippen LogP contribution in [-0.2, 0) is 0 Å². The number of para-hydroxylation sites is 2. The molecule has 0 radical (unpaired) electrons. The van der Waals surface area contributed by atoms with E-state index in [0.29, 0.717) is 5.82 Å². The van der Waals surface area contributed by atoms with Gasteiger partial charge in [0, 0.05) is 33.2 Å². The molecule has 3 heteroatoms. The molecule has 0 aliphatic carbocycles. The fourth-order valence-corrected chi connectivity index (χ4v) is 11.2. The summed E-state index contributed by atoms with van der Waals surface area (Å²) in [6, 6.07) is 111. The van der Waals surface area contributed by atoms with Crippen molar-refractivity contribution < 1.29 is 0 Å². The number of hydrogen-bond acceptors (Lipinski definition) is 2. The van der Waals surface area contributed by atoms with Gasteiger partial charge in [0.1, 0.15) is 0 Å². The van der Waals surface area contributed by atoms with Gasteiger partial charge in [-0.3, -0.25) is 0 Å². The normalized spacial score (nSPS) is 11.3. The Labute approximate surface area is 460 Å². The van der Waals surface area contributed by atoms with Gasteiger partial charge in [-0.15, -0.1) is 0 Å². The Morgan fingerprint density at radius 3 is 0.873 bits per heavy atom. The van der Waals surface area contributed by atoms with Crippen LogP contribution in [0.1, 0.15) is 0 Å². The maximum atomic E-state index is 5.36. The van der Waals surface area contributed by atoms with E-state index >= 15 is 0 Å². The average molecular weight is 1010 g/mol. The number of aromatic nitrogens is 3. The van der Waals surface area contributed by atoms with E-state index in [9.17, 15) is 0 Å². The Bertz CT molecular complexity index is 4270. The van der Waals surface area contributed by atoms with Crippen LogP contribution in [0.4, 0.5) is 0 Å². The van der Waals surface area contributed by atoms with Crippen LogP contribution in [0.25, 0.3) is 139 Å². The lowest BCUT2D eigenvalue weighted by Gasteiger charge is -2.13. The Balaban J connectivity index is 0.816. The van der Waals surface area contributed by atoms with E-state index in [1.807, 2.05) is 0 Å². The smallest absolute Gasteiger partial charge is 0.160 e. The highest BCUT2D eigenvalue weighted by atomic mass is 15.0. The fraction of sp³-hybridized carbons (Fsp3) is 0. The monoisotopic (exact) mass is 1010 g/mol. The van der Waals surface area contributed by atoms with Crippen molar-refractivity contribution in [2.24, 2.45) is 0 Å². The number of hydrogen-bond donors (Lipinski definition) is 0. The van der Waals surface area contributed by atoms with Crippen LogP contribution >= 0.6 is 0 Å². The third-order valence-electron chi connectivity index (χ3n) is 15.2. The van der Waals surface area contributed by atoms with Gasteiger partial charge in [-0.2, -0.15) is 0 Å². The van der Waals surface area contributed by atoms with Gasteiger partial charge in [-0.1, -0.05) is 249 Å². The first-order valence-corrected chi connectivity index (χ1v) is 26.9. The summed E-state index contributed by atoms with van der Waals surface area (Å²) in [5.41, 5.74) is 24.5. The van der Waals surface area contributed by atoms with Crippen LogP contribution in [0.3, 0.4) is 0 Å². The lowest BCUT2D eigenvalue weighted by Crippen LogP contribution is -1.97. The summed E-state index contributed by atoms with van der Waals surface area (Å²) >= 11 is 0. The van der Waals surface area contributed by atoms with Gasteiger partial charge in [0.15, 0.2) is 5.82 Å². The molecule has 14 aromatic rings. The zero-order valence-electron chi connectivity index (χ0n) is 43.3. The van der Waals surface area contributed by atoms with Crippen LogP contribution in [-0.4, -0.2) is 14.5 Å². The minimum absolute atomic E-state index is 0.664. The molecule has 79 heavy (non-hydrogen) atoms. The maximum Gasteiger partial charge on any atom is 0.160 e. The number of rotatable bonds is 11. The van der Waals surface area contributed by atoms with Crippen LogP contribution in [0.5, 0.6) is 0 Å². The summed E-state index contributed by atoms with van der Waals surface area (Å²) in [6.07, 6.45) is 0. The highest BCUT2D eigenvalue weighted by molar-refractivity contribution is 6.09. The second-order valence-corrected chi connectivity index (χ2v) is 20.2. The largest absolute Gasteiger partial charge is 0.309 e. The molecule has 0 atom stereocenters. The molecule has 14 rings (SSSR count). The number of fused-ring (bicyclic) bond motifs is 3. The molecule has 2 heterocycles. The molecule has 0 spiro atoms. The van der Waals surface area contributed by atoms with Gasteiger partial charge in [-0.05, 0) is 139 Å². The van der Waals surface area contributed by atoms with E-state index in [1.165, 1.54) is 66.3 Å². The lowest BCUT2D eigenvalue weighted by atomic mass is 9.95. The quantitative estimate of drug-likeness (QED) is 0.129. The minimum atomic E-state index is 0.664. The van der Waals surface area contributed by atoms with Crippen molar-refractivity contribution in [2.75, 3.05) is 0 Å². The molecule has 0 amide bonds. The average Bonchev–Trinajstić information content (AvgIpc) is 4.06. The molecule has 0 N–H and O–H groups in total. The predicted octanol–water partition coefficient (Wildman–Crippen LogP) is 20.2. The van der Waals surface area contributed by atoms with Gasteiger partial charge in [-0.25, -0.2) is 9.97 Å². The first-order valence-electron chi connectivity index (χ1n) is 26.9. The molecule has 0 fully saturated rings. The van der Waals surface area contributed by atoms with Crippen LogP contribution in [0, 0.1) is 0 Å². The summed E-state index contributed by atoms with van der Waals surface area (Å²) in [5, 5.41) is 2.49. The molecule has 0 saturated heterocycles. The Kier molecular flexibility index (Phi) is 12.2. The van der Waals surface area contributed by atoms with Crippen molar-refractivity contribution in [2.45, 2.75) is 0 Å². The molecule has 0 unspecified atom stereocenters. The van der Waals surface area contributed by atoms with E-state index in [1.54, 1.807) is 0 Å². The maximum absolute atomic E-state index is 5.36. The lowest BCUT2D eigenvalue weighted by molar-refractivity contribution is 1.18. The van der Waals surface area contributed by atoms with Crippen molar-refractivity contribution in [1.82, 2.24) is 14.5 Å². The van der Waals surface area contributed by atoms with Crippen molar-refractivity contribution in [3.63, 3.8) is 0 Å². The topological polar surface area (TPSA) is 30.7 Å². The van der Waals surface area contributed by atoms with Crippen LogP contribution in [0.15, 0.2) is 309 Å². The van der Waals surface area contributed by atoms with Crippen molar-refractivity contribution in [1.29, 1.82) is 0 Å². The molecule has 0 bridgehead atoms. The summed E-state index contributed by atoms with van der Waals surface area (Å²) < 4.78 is 2.37. The summed E-state index contributed by atoms with van der Waals surface area (Å²) in [5.74, 6) is 0.664. The SMILES string of the molecule is c1ccc(-c2cccc(-c3cccc(-c4ccc(-c5cc(-c6ccc(-c7cccc(-c8cccc(-c9ccccc9)c8)c7)cc6)nc(-c6cccc(-c7cccc(-n8c9ccccc9c9ccccc98)c7)c6)n5)cc4)c3)c2)cc1. The molecule has 370 valence electrons. The van der Waals surface area contributed by atoms with Crippen LogP contribution in [0.2, 0.25) is 0 Å². The van der Waals surface area contributed by atoms with E-state index < -0.39 is 0 Å². The third kappa shape index (κ3) is 9.41. The second kappa shape index (κ2) is 20.6. The third-order valence-corrected chi connectivity index (χ3v) is 15.2. The second-order valence-electron chi connectivity index (χ2n) is 20.2. The predicted molar refractivity (Wildman–Crippen MR) is 331 cm³/mol. The highest BCUT2D eigenvalue weighted by Crippen LogP contribution is 2.37. The molecule has 0 aliphatic heterocycles. The molecular weight excluding hydrogens is 955 g/mol. The minimum Gasteiger partial charge on any atom is -0.309 e. The summed E-state index contributed by atoms with van der Waals surface area (Å²) in [7, 11) is 0. The number of nitrogens with zero attached hydrogens (tertiary/aromatic N) is 3. The van der Waals surface area contributed by atoms with Crippen molar-refractivity contribution >= 4 is 21.8 Å².